The Morgan fingerprint density at radius 2 is 1.77 bits per heavy atom. The van der Waals surface area contributed by atoms with Gasteiger partial charge in [-0.1, -0.05) is 12.1 Å². The molecule has 2 fully saturated rings. The van der Waals surface area contributed by atoms with Crippen molar-refractivity contribution in [2.75, 3.05) is 62.8 Å². The van der Waals surface area contributed by atoms with Gasteiger partial charge in [0.2, 0.25) is 5.95 Å². The molecule has 2 aliphatic rings. The number of pyridine rings is 1. The second kappa shape index (κ2) is 13.3. The number of benzene rings is 2. The van der Waals surface area contributed by atoms with E-state index < -0.39 is 6.10 Å². The number of aromatic hydroxyl groups is 1. The summed E-state index contributed by atoms with van der Waals surface area (Å²) < 4.78 is 17.2. The fourth-order valence-corrected chi connectivity index (χ4v) is 5.91. The first-order valence-electron chi connectivity index (χ1n) is 15.1. The molecule has 4 aromatic rings. The SMILES string of the molecule is COc1ccc(-c2ccc3c(N4CCOCC4)nc(N4CC(C)OC(C)C4)nc3n2)cc1CNCC(O)c1cccc(O)c1. The van der Waals surface area contributed by atoms with E-state index >= 15 is 0 Å². The number of nitrogens with zero attached hydrogens (tertiary/aromatic N) is 5. The van der Waals surface area contributed by atoms with Gasteiger partial charge in [-0.05, 0) is 61.9 Å². The first-order chi connectivity index (χ1) is 21.4. The highest BCUT2D eigenvalue weighted by Gasteiger charge is 2.27. The molecule has 2 aliphatic heterocycles. The quantitative estimate of drug-likeness (QED) is 0.261. The number of phenolic OH excluding ortho intramolecular Hbond substituents is 1. The van der Waals surface area contributed by atoms with E-state index in [1.807, 2.05) is 18.2 Å². The topological polar surface area (TPSA) is 125 Å². The molecular weight excluding hydrogens is 560 g/mol. The van der Waals surface area contributed by atoms with Gasteiger partial charge in [0.1, 0.15) is 17.3 Å². The van der Waals surface area contributed by atoms with Crippen LogP contribution in [0.5, 0.6) is 11.5 Å². The summed E-state index contributed by atoms with van der Waals surface area (Å²) in [5.41, 5.74) is 3.95. The number of methoxy groups -OCH3 is 1. The number of hydrogen-bond donors (Lipinski definition) is 3. The third kappa shape index (κ3) is 6.71. The van der Waals surface area contributed by atoms with Crippen LogP contribution in [-0.4, -0.2) is 90.4 Å². The lowest BCUT2D eigenvalue weighted by molar-refractivity contribution is -0.00570. The van der Waals surface area contributed by atoms with Crippen molar-refractivity contribution in [2.24, 2.45) is 0 Å². The molecule has 11 nitrogen and oxygen atoms in total. The lowest BCUT2D eigenvalue weighted by Crippen LogP contribution is -2.46. The Hall–Kier alpha value is -4.03. The number of aliphatic hydroxyl groups is 1. The highest BCUT2D eigenvalue weighted by molar-refractivity contribution is 5.90. The minimum Gasteiger partial charge on any atom is -0.508 e. The van der Waals surface area contributed by atoms with Crippen LogP contribution in [0.15, 0.2) is 54.6 Å². The second-order valence-electron chi connectivity index (χ2n) is 11.4. The van der Waals surface area contributed by atoms with Gasteiger partial charge < -0.3 is 39.5 Å². The smallest absolute Gasteiger partial charge is 0.229 e. The summed E-state index contributed by atoms with van der Waals surface area (Å²) in [5, 5.41) is 24.6. The lowest BCUT2D eigenvalue weighted by Gasteiger charge is -2.36. The van der Waals surface area contributed by atoms with Crippen LogP contribution in [0.2, 0.25) is 0 Å². The maximum Gasteiger partial charge on any atom is 0.229 e. The van der Waals surface area contributed by atoms with E-state index in [2.05, 4.69) is 41.1 Å². The number of nitrogens with one attached hydrogen (secondary N) is 1. The van der Waals surface area contributed by atoms with E-state index in [-0.39, 0.29) is 18.0 Å². The van der Waals surface area contributed by atoms with Gasteiger partial charge in [0, 0.05) is 50.4 Å². The van der Waals surface area contributed by atoms with Gasteiger partial charge in [0.15, 0.2) is 5.65 Å². The number of ether oxygens (including phenoxy) is 3. The van der Waals surface area contributed by atoms with Crippen molar-refractivity contribution < 1.29 is 24.4 Å². The summed E-state index contributed by atoms with van der Waals surface area (Å²) in [6.07, 6.45) is -0.599. The fourth-order valence-electron chi connectivity index (χ4n) is 5.91. The van der Waals surface area contributed by atoms with Crippen molar-refractivity contribution in [3.63, 3.8) is 0 Å². The molecule has 11 heteroatoms. The van der Waals surface area contributed by atoms with Gasteiger partial charge in [0.25, 0.3) is 0 Å². The Morgan fingerprint density at radius 1 is 0.977 bits per heavy atom. The number of phenols is 1. The maximum atomic E-state index is 10.6. The molecule has 4 heterocycles. The highest BCUT2D eigenvalue weighted by atomic mass is 16.5. The summed E-state index contributed by atoms with van der Waals surface area (Å²) in [6, 6.07) is 16.7. The lowest BCUT2D eigenvalue weighted by atomic mass is 10.1. The van der Waals surface area contributed by atoms with Crippen molar-refractivity contribution in [3.05, 3.63) is 65.7 Å². The van der Waals surface area contributed by atoms with E-state index in [1.165, 1.54) is 0 Å². The van der Waals surface area contributed by atoms with Crippen LogP contribution < -0.4 is 19.9 Å². The molecule has 0 saturated carbocycles. The van der Waals surface area contributed by atoms with Crippen LogP contribution in [-0.2, 0) is 16.0 Å². The molecule has 232 valence electrons. The van der Waals surface area contributed by atoms with E-state index in [0.717, 1.165) is 46.9 Å². The Labute approximate surface area is 257 Å². The van der Waals surface area contributed by atoms with Crippen molar-refractivity contribution in [1.29, 1.82) is 0 Å². The summed E-state index contributed by atoms with van der Waals surface area (Å²) in [4.78, 5) is 19.5. The van der Waals surface area contributed by atoms with Crippen molar-refractivity contribution in [2.45, 2.75) is 38.7 Å². The molecule has 0 radical (unpaired) electrons. The van der Waals surface area contributed by atoms with Gasteiger partial charge >= 0.3 is 0 Å². The van der Waals surface area contributed by atoms with Crippen molar-refractivity contribution in [3.8, 4) is 22.8 Å². The second-order valence-corrected chi connectivity index (χ2v) is 11.4. The molecule has 0 aliphatic carbocycles. The van der Waals surface area contributed by atoms with Gasteiger partial charge in [-0.2, -0.15) is 9.97 Å². The number of fused-ring (bicyclic) bond motifs is 1. The zero-order chi connectivity index (χ0) is 30.6. The van der Waals surface area contributed by atoms with Gasteiger partial charge in [-0.15, -0.1) is 0 Å². The molecule has 6 rings (SSSR count). The van der Waals surface area contributed by atoms with Gasteiger partial charge in [0.05, 0.1) is 49.7 Å². The van der Waals surface area contributed by atoms with Crippen LogP contribution in [0.4, 0.5) is 11.8 Å². The van der Waals surface area contributed by atoms with Gasteiger partial charge in [-0.25, -0.2) is 4.98 Å². The zero-order valence-corrected chi connectivity index (χ0v) is 25.4. The number of morpholine rings is 2. The van der Waals surface area contributed by atoms with Crippen LogP contribution in [0, 0.1) is 0 Å². The van der Waals surface area contributed by atoms with E-state index in [4.69, 9.17) is 29.2 Å². The predicted octanol–water partition coefficient (Wildman–Crippen LogP) is 3.68. The van der Waals surface area contributed by atoms with E-state index in [0.29, 0.717) is 56.6 Å². The van der Waals surface area contributed by atoms with Crippen LogP contribution in [0.3, 0.4) is 0 Å². The fraction of sp³-hybridized carbons (Fsp3) is 0.424. The number of aliphatic hydroxyl groups excluding tert-OH is 1. The standard InChI is InChI=1S/C33H40N6O5/c1-21-19-39(20-22(2)44-21)33-36-31-27(32(37-33)38-11-13-43-14-12-38)8-9-28(35-31)23-7-10-30(42-3)25(15-23)17-34-18-29(41)24-5-4-6-26(40)16-24/h4-10,15-16,21-22,29,34,40-41H,11-14,17-20H2,1-3H3. The number of rotatable bonds is 9. The average molecular weight is 601 g/mol. The third-order valence-electron chi connectivity index (χ3n) is 8.03. The average Bonchev–Trinajstić information content (AvgIpc) is 3.03. The first kappa shape index (κ1) is 30.0. The minimum atomic E-state index is -0.759. The largest absolute Gasteiger partial charge is 0.508 e. The normalized spacial score (nSPS) is 19.7. The van der Waals surface area contributed by atoms with E-state index in [9.17, 15) is 10.2 Å². The van der Waals surface area contributed by atoms with Crippen molar-refractivity contribution in [1.82, 2.24) is 20.3 Å². The van der Waals surface area contributed by atoms with Crippen LogP contribution in [0.1, 0.15) is 31.1 Å². The Morgan fingerprint density at radius 3 is 2.52 bits per heavy atom. The molecule has 2 aromatic heterocycles. The summed E-state index contributed by atoms with van der Waals surface area (Å²) in [7, 11) is 1.65. The number of anilines is 2. The van der Waals surface area contributed by atoms with Crippen molar-refractivity contribution >= 4 is 22.8 Å². The van der Waals surface area contributed by atoms with Gasteiger partial charge in [-0.3, -0.25) is 0 Å². The Balaban J connectivity index is 1.29. The third-order valence-corrected chi connectivity index (χ3v) is 8.03. The molecule has 3 atom stereocenters. The molecule has 0 spiro atoms. The molecular formula is C33H40N6O5. The van der Waals surface area contributed by atoms with Crippen LogP contribution in [0.25, 0.3) is 22.3 Å². The molecule has 3 N–H and O–H groups in total. The molecule has 0 amide bonds. The summed E-state index contributed by atoms with van der Waals surface area (Å²) in [5.74, 6) is 2.41. The maximum absolute atomic E-state index is 10.6. The molecule has 3 unspecified atom stereocenters. The minimum absolute atomic E-state index is 0.0801. The molecule has 2 aromatic carbocycles. The first-order valence-corrected chi connectivity index (χ1v) is 15.1. The van der Waals surface area contributed by atoms with Crippen LogP contribution >= 0.6 is 0 Å². The predicted molar refractivity (Wildman–Crippen MR) is 169 cm³/mol. The molecule has 44 heavy (non-hydrogen) atoms. The molecule has 2 saturated heterocycles. The summed E-state index contributed by atoms with van der Waals surface area (Å²) in [6.45, 7) is 9.21. The Kier molecular flexibility index (Phi) is 9.08. The molecule has 0 bridgehead atoms. The Bertz CT molecular complexity index is 1590. The monoisotopic (exact) mass is 600 g/mol. The number of aromatic nitrogens is 3. The highest BCUT2D eigenvalue weighted by Crippen LogP contribution is 2.32. The number of hydrogen-bond acceptors (Lipinski definition) is 11. The summed E-state index contributed by atoms with van der Waals surface area (Å²) >= 11 is 0. The van der Waals surface area contributed by atoms with E-state index in [1.54, 1.807) is 31.4 Å². The zero-order valence-electron chi connectivity index (χ0n) is 25.4.